The average Bonchev–Trinajstić information content (AvgIpc) is 3.04. The Morgan fingerprint density at radius 1 is 1.11 bits per heavy atom. The molecule has 0 saturated heterocycles. The Hall–Kier alpha value is -2.56. The molecule has 11 heteroatoms. The van der Waals surface area contributed by atoms with Crippen molar-refractivity contribution in [2.75, 3.05) is 5.75 Å². The van der Waals surface area contributed by atoms with Gasteiger partial charge in [0.05, 0.1) is 16.3 Å². The van der Waals surface area contributed by atoms with Gasteiger partial charge in [-0.25, -0.2) is 13.4 Å². The number of aromatic nitrogens is 3. The number of nitrogens with zero attached hydrogens (tertiary/aromatic N) is 2. The molecule has 0 saturated carbocycles. The first-order valence-electron chi connectivity index (χ1n) is 7.60. The number of pyridine rings is 2. The van der Waals surface area contributed by atoms with Crippen LogP contribution in [-0.2, 0) is 15.8 Å². The van der Waals surface area contributed by atoms with Crippen LogP contribution in [0.5, 0.6) is 0 Å². The highest BCUT2D eigenvalue weighted by atomic mass is 32.2. The Morgan fingerprint density at radius 2 is 1.81 bits per heavy atom. The lowest BCUT2D eigenvalue weighted by atomic mass is 10.2. The van der Waals surface area contributed by atoms with Crippen LogP contribution in [0.15, 0.2) is 41.4 Å². The number of aromatic amines is 1. The van der Waals surface area contributed by atoms with E-state index in [1.807, 2.05) is 0 Å². The Kier molecular flexibility index (Phi) is 4.45. The third kappa shape index (κ3) is 3.27. The molecule has 0 unspecified atom stereocenters. The van der Waals surface area contributed by atoms with Gasteiger partial charge in [0, 0.05) is 11.6 Å². The second-order valence-electron chi connectivity index (χ2n) is 5.64. The number of H-pyrrole nitrogens is 1. The molecule has 0 aromatic carbocycles. The molecule has 1 N–H and O–H groups in total. The van der Waals surface area contributed by atoms with E-state index in [0.29, 0.717) is 6.07 Å². The molecule has 144 valence electrons. The minimum absolute atomic E-state index is 0.0291. The van der Waals surface area contributed by atoms with Gasteiger partial charge in [-0.15, -0.1) is 0 Å². The predicted molar refractivity (Wildman–Crippen MR) is 87.0 cm³/mol. The zero-order chi connectivity index (χ0) is 20.0. The van der Waals surface area contributed by atoms with Gasteiger partial charge < -0.3 is 4.98 Å². The van der Waals surface area contributed by atoms with E-state index in [4.69, 9.17) is 0 Å². The van der Waals surface area contributed by atoms with Crippen molar-refractivity contribution in [3.63, 3.8) is 0 Å². The van der Waals surface area contributed by atoms with Gasteiger partial charge >= 0.3 is 12.1 Å². The van der Waals surface area contributed by atoms with E-state index in [0.717, 1.165) is 6.07 Å². The van der Waals surface area contributed by atoms with Gasteiger partial charge in [-0.05, 0) is 30.3 Å². The molecule has 0 atom stereocenters. The summed E-state index contributed by atoms with van der Waals surface area (Å²) in [5.41, 5.74) is -1.53. The van der Waals surface area contributed by atoms with E-state index in [1.165, 1.54) is 31.3 Å². The molecular weight excluding hydrogens is 393 g/mol. The van der Waals surface area contributed by atoms with Crippen LogP contribution >= 0.6 is 0 Å². The van der Waals surface area contributed by atoms with Gasteiger partial charge in [0.2, 0.25) is 0 Å². The predicted octanol–water partition coefficient (Wildman–Crippen LogP) is 4.07. The molecule has 3 rings (SSSR count). The van der Waals surface area contributed by atoms with E-state index in [1.54, 1.807) is 0 Å². The second-order valence-corrected chi connectivity index (χ2v) is 7.89. The van der Waals surface area contributed by atoms with Crippen LogP contribution < -0.4 is 0 Å². The summed E-state index contributed by atoms with van der Waals surface area (Å²) < 4.78 is 89.0. The highest BCUT2D eigenvalue weighted by molar-refractivity contribution is 7.91. The maximum absolute atomic E-state index is 13.5. The van der Waals surface area contributed by atoms with Crippen molar-refractivity contribution < 1.29 is 30.4 Å². The van der Waals surface area contributed by atoms with E-state index in [9.17, 15) is 30.4 Å². The number of halogens is 5. The van der Waals surface area contributed by atoms with Crippen molar-refractivity contribution in [3.05, 3.63) is 42.2 Å². The van der Waals surface area contributed by atoms with Gasteiger partial charge in [0.15, 0.2) is 9.84 Å². The fourth-order valence-electron chi connectivity index (χ4n) is 2.45. The van der Waals surface area contributed by atoms with Crippen molar-refractivity contribution in [2.45, 2.75) is 23.9 Å². The Morgan fingerprint density at radius 3 is 2.44 bits per heavy atom. The van der Waals surface area contributed by atoms with Crippen LogP contribution in [0.25, 0.3) is 22.4 Å². The van der Waals surface area contributed by atoms with Crippen LogP contribution in [0.3, 0.4) is 0 Å². The molecule has 0 bridgehead atoms. The lowest BCUT2D eigenvalue weighted by Gasteiger charge is -2.18. The van der Waals surface area contributed by atoms with E-state index in [2.05, 4.69) is 15.0 Å². The SMILES string of the molecule is CCS(=O)(=O)c1cccnc1-c1cc2ccc(C(F)(F)C(F)(F)F)nc2[nH]1. The standard InChI is InChI=1S/C16H12F5N3O2S/c1-2-27(25,26)11-4-3-7-22-13(11)10-8-9-5-6-12(24-14(9)23-10)15(17,18)16(19,20)21/h3-8H,2H2,1H3,(H,23,24). The summed E-state index contributed by atoms with van der Waals surface area (Å²) in [6.45, 7) is 1.45. The topological polar surface area (TPSA) is 75.7 Å². The van der Waals surface area contributed by atoms with Crippen LogP contribution in [0.2, 0.25) is 0 Å². The largest absolute Gasteiger partial charge is 0.459 e. The Balaban J connectivity index is 2.15. The highest BCUT2D eigenvalue weighted by Crippen LogP contribution is 2.43. The number of rotatable bonds is 4. The maximum Gasteiger partial charge on any atom is 0.459 e. The summed E-state index contributed by atoms with van der Waals surface area (Å²) in [4.78, 5) is 9.86. The molecule has 0 aliphatic carbocycles. The zero-order valence-electron chi connectivity index (χ0n) is 13.7. The lowest BCUT2D eigenvalue weighted by molar-refractivity contribution is -0.290. The molecule has 3 heterocycles. The molecule has 27 heavy (non-hydrogen) atoms. The highest BCUT2D eigenvalue weighted by Gasteiger charge is 2.59. The molecule has 0 spiro atoms. The van der Waals surface area contributed by atoms with Crippen molar-refractivity contribution in [1.82, 2.24) is 15.0 Å². The van der Waals surface area contributed by atoms with Crippen LogP contribution in [0.1, 0.15) is 12.6 Å². The zero-order valence-corrected chi connectivity index (χ0v) is 14.5. The van der Waals surface area contributed by atoms with Gasteiger partial charge in [-0.3, -0.25) is 4.98 Å². The first-order valence-corrected chi connectivity index (χ1v) is 9.25. The summed E-state index contributed by atoms with van der Waals surface area (Å²) in [6, 6.07) is 5.77. The maximum atomic E-state index is 13.5. The number of hydrogen-bond donors (Lipinski definition) is 1. The first kappa shape index (κ1) is 19.2. The minimum atomic E-state index is -5.79. The molecule has 3 aromatic heterocycles. The summed E-state index contributed by atoms with van der Waals surface area (Å²) >= 11 is 0. The third-order valence-electron chi connectivity index (χ3n) is 3.90. The summed E-state index contributed by atoms with van der Waals surface area (Å²) in [6.07, 6.45) is -4.45. The molecule has 0 aliphatic rings. The molecule has 5 nitrogen and oxygen atoms in total. The lowest BCUT2D eigenvalue weighted by Crippen LogP contribution is -2.34. The van der Waals surface area contributed by atoms with Crippen LogP contribution in [0, 0.1) is 0 Å². The van der Waals surface area contributed by atoms with Gasteiger partial charge in [-0.2, -0.15) is 22.0 Å². The number of hydrogen-bond acceptors (Lipinski definition) is 4. The number of fused-ring (bicyclic) bond motifs is 1. The van der Waals surface area contributed by atoms with Crippen molar-refractivity contribution in [3.8, 4) is 11.4 Å². The van der Waals surface area contributed by atoms with Gasteiger partial charge in [-0.1, -0.05) is 6.92 Å². The fourth-order valence-corrected chi connectivity index (χ4v) is 3.51. The quantitative estimate of drug-likeness (QED) is 0.664. The smallest absolute Gasteiger partial charge is 0.338 e. The fraction of sp³-hybridized carbons (Fsp3) is 0.250. The number of sulfone groups is 1. The second kappa shape index (κ2) is 6.25. The number of alkyl halides is 5. The molecule has 0 fully saturated rings. The molecule has 3 aromatic rings. The van der Waals surface area contributed by atoms with Crippen molar-refractivity contribution >= 4 is 20.9 Å². The summed E-state index contributed by atoms with van der Waals surface area (Å²) in [5, 5.41) is 0.234. The van der Waals surface area contributed by atoms with Crippen molar-refractivity contribution in [2.24, 2.45) is 0 Å². The number of nitrogens with one attached hydrogen (secondary N) is 1. The normalized spacial score (nSPS) is 13.3. The third-order valence-corrected chi connectivity index (χ3v) is 5.66. The van der Waals surface area contributed by atoms with Gasteiger partial charge in [0.25, 0.3) is 0 Å². The molecular formula is C16H12F5N3O2S. The minimum Gasteiger partial charge on any atom is -0.338 e. The van der Waals surface area contributed by atoms with Crippen molar-refractivity contribution in [1.29, 1.82) is 0 Å². The Bertz CT molecular complexity index is 1110. The van der Waals surface area contributed by atoms with Crippen LogP contribution in [-0.4, -0.2) is 35.3 Å². The summed E-state index contributed by atoms with van der Waals surface area (Å²) in [5.74, 6) is -5.31. The first-order chi connectivity index (χ1) is 12.5. The summed E-state index contributed by atoms with van der Waals surface area (Å²) in [7, 11) is -3.64. The monoisotopic (exact) mass is 405 g/mol. The molecule has 0 aliphatic heterocycles. The van der Waals surface area contributed by atoms with E-state index in [-0.39, 0.29) is 33.1 Å². The van der Waals surface area contributed by atoms with Crippen LogP contribution in [0.4, 0.5) is 22.0 Å². The molecule has 0 radical (unpaired) electrons. The average molecular weight is 405 g/mol. The van der Waals surface area contributed by atoms with E-state index < -0.39 is 27.6 Å². The van der Waals surface area contributed by atoms with E-state index >= 15 is 0 Å². The molecule has 0 amide bonds. The van der Waals surface area contributed by atoms with Gasteiger partial charge in [0.1, 0.15) is 17.0 Å². The Labute approximate surface area is 150 Å².